The van der Waals surface area contributed by atoms with E-state index in [1.165, 1.54) is 83.8 Å². The molecule has 0 saturated heterocycles. The Labute approximate surface area is 115 Å². The zero-order chi connectivity index (χ0) is 13.5. The Morgan fingerprint density at radius 2 is 1.06 bits per heavy atom. The first-order chi connectivity index (χ1) is 8.85. The molecule has 110 valence electrons. The Hall–Kier alpha value is -0.0800. The summed E-state index contributed by atoms with van der Waals surface area (Å²) in [5, 5.41) is 0. The molecule has 0 aromatic rings. The second kappa shape index (κ2) is 15.0. The number of nitrogens with zero attached hydrogens (tertiary/aromatic N) is 1. The maximum atomic E-state index is 5.52. The minimum atomic E-state index is 0.858. The van der Waals surface area contributed by atoms with Crippen molar-refractivity contribution >= 4 is 0 Å². The van der Waals surface area contributed by atoms with Gasteiger partial charge >= 0.3 is 0 Å². The highest BCUT2D eigenvalue weighted by Crippen LogP contribution is 2.06. The Morgan fingerprint density at radius 1 is 0.611 bits per heavy atom. The second-order valence-electron chi connectivity index (χ2n) is 5.46. The highest BCUT2D eigenvalue weighted by atomic mass is 15.1. The molecule has 0 saturated carbocycles. The second-order valence-corrected chi connectivity index (χ2v) is 5.46. The van der Waals surface area contributed by atoms with Crippen molar-refractivity contribution in [2.24, 2.45) is 5.73 Å². The van der Waals surface area contributed by atoms with E-state index in [-0.39, 0.29) is 0 Å². The van der Waals surface area contributed by atoms with Crippen molar-refractivity contribution in [3.05, 3.63) is 0 Å². The molecule has 0 heterocycles. The van der Waals surface area contributed by atoms with Crippen LogP contribution in [0.15, 0.2) is 0 Å². The van der Waals surface area contributed by atoms with Crippen molar-refractivity contribution in [1.29, 1.82) is 0 Å². The number of hydrogen-bond donors (Lipinski definition) is 1. The van der Waals surface area contributed by atoms with Gasteiger partial charge in [-0.2, -0.15) is 0 Å². The molecule has 0 bridgehead atoms. The zero-order valence-electron chi connectivity index (χ0n) is 12.9. The summed E-state index contributed by atoms with van der Waals surface area (Å²) in [6.45, 7) is 9.36. The highest BCUT2D eigenvalue weighted by molar-refractivity contribution is 4.59. The van der Waals surface area contributed by atoms with E-state index in [2.05, 4.69) is 18.7 Å². The standard InChI is InChI=1S/C16H36N2/c1-3-5-10-14-18(15-11-6-4-2)16-12-8-7-9-13-17/h3-17H2,1-2H3. The lowest BCUT2D eigenvalue weighted by Crippen LogP contribution is -2.27. The Kier molecular flexibility index (Phi) is 14.9. The van der Waals surface area contributed by atoms with Crippen LogP contribution in [0.4, 0.5) is 0 Å². The first kappa shape index (κ1) is 17.9. The Balaban J connectivity index is 3.60. The van der Waals surface area contributed by atoms with E-state index in [4.69, 9.17) is 5.73 Å². The van der Waals surface area contributed by atoms with E-state index in [1.807, 2.05) is 0 Å². The van der Waals surface area contributed by atoms with Crippen LogP contribution in [-0.4, -0.2) is 31.1 Å². The topological polar surface area (TPSA) is 29.3 Å². The Bertz CT molecular complexity index is 138. The molecule has 2 N–H and O–H groups in total. The van der Waals surface area contributed by atoms with Crippen LogP contribution in [-0.2, 0) is 0 Å². The van der Waals surface area contributed by atoms with Gasteiger partial charge in [-0.05, 0) is 51.9 Å². The largest absolute Gasteiger partial charge is 0.330 e. The number of unbranched alkanes of at least 4 members (excludes halogenated alkanes) is 7. The van der Waals surface area contributed by atoms with Crippen molar-refractivity contribution < 1.29 is 0 Å². The number of hydrogen-bond acceptors (Lipinski definition) is 2. The minimum Gasteiger partial charge on any atom is -0.330 e. The summed E-state index contributed by atoms with van der Waals surface area (Å²) in [6.07, 6.45) is 13.4. The average molecular weight is 256 g/mol. The highest BCUT2D eigenvalue weighted by Gasteiger charge is 2.03. The summed E-state index contributed by atoms with van der Waals surface area (Å²) in [7, 11) is 0. The van der Waals surface area contributed by atoms with Gasteiger partial charge in [0.15, 0.2) is 0 Å². The lowest BCUT2D eigenvalue weighted by molar-refractivity contribution is 0.256. The van der Waals surface area contributed by atoms with Gasteiger partial charge in [0.05, 0.1) is 0 Å². The van der Waals surface area contributed by atoms with Crippen molar-refractivity contribution in [1.82, 2.24) is 4.90 Å². The molecular formula is C16H36N2. The molecule has 2 heteroatoms. The number of nitrogens with two attached hydrogens (primary N) is 1. The predicted molar refractivity (Wildman–Crippen MR) is 83.0 cm³/mol. The third-order valence-corrected chi connectivity index (χ3v) is 3.58. The maximum Gasteiger partial charge on any atom is -0.00187 e. The van der Waals surface area contributed by atoms with Gasteiger partial charge in [-0.25, -0.2) is 0 Å². The van der Waals surface area contributed by atoms with Crippen molar-refractivity contribution in [3.8, 4) is 0 Å². The van der Waals surface area contributed by atoms with Crippen molar-refractivity contribution in [2.45, 2.75) is 78.1 Å². The molecule has 0 spiro atoms. The molecule has 0 rings (SSSR count). The molecule has 0 aromatic carbocycles. The molecule has 2 nitrogen and oxygen atoms in total. The van der Waals surface area contributed by atoms with Crippen LogP contribution in [0.2, 0.25) is 0 Å². The lowest BCUT2D eigenvalue weighted by Gasteiger charge is -2.22. The van der Waals surface area contributed by atoms with Gasteiger partial charge in [-0.1, -0.05) is 52.4 Å². The van der Waals surface area contributed by atoms with Crippen molar-refractivity contribution in [2.75, 3.05) is 26.2 Å². The van der Waals surface area contributed by atoms with Gasteiger partial charge in [0.2, 0.25) is 0 Å². The average Bonchev–Trinajstić information content (AvgIpc) is 2.38. The van der Waals surface area contributed by atoms with Gasteiger partial charge in [-0.15, -0.1) is 0 Å². The van der Waals surface area contributed by atoms with Crippen LogP contribution in [0.1, 0.15) is 78.1 Å². The summed E-state index contributed by atoms with van der Waals surface area (Å²) in [5.41, 5.74) is 5.52. The molecule has 0 fully saturated rings. The van der Waals surface area contributed by atoms with E-state index >= 15 is 0 Å². The Morgan fingerprint density at radius 3 is 1.50 bits per heavy atom. The molecule has 0 aliphatic rings. The molecule has 0 amide bonds. The normalized spacial score (nSPS) is 11.3. The predicted octanol–water partition coefficient (Wildman–Crippen LogP) is 4.19. The third kappa shape index (κ3) is 12.4. The van der Waals surface area contributed by atoms with Crippen LogP contribution < -0.4 is 5.73 Å². The fourth-order valence-electron chi connectivity index (χ4n) is 2.34. The summed E-state index contributed by atoms with van der Waals surface area (Å²) in [4.78, 5) is 2.69. The van der Waals surface area contributed by atoms with Gasteiger partial charge in [0, 0.05) is 0 Å². The molecule has 0 radical (unpaired) electrons. The van der Waals surface area contributed by atoms with Gasteiger partial charge in [0.1, 0.15) is 0 Å². The van der Waals surface area contributed by atoms with Crippen LogP contribution >= 0.6 is 0 Å². The minimum absolute atomic E-state index is 0.858. The number of rotatable bonds is 14. The summed E-state index contributed by atoms with van der Waals surface area (Å²) < 4.78 is 0. The van der Waals surface area contributed by atoms with Crippen LogP contribution in [0, 0.1) is 0 Å². The fourth-order valence-corrected chi connectivity index (χ4v) is 2.34. The summed E-state index contributed by atoms with van der Waals surface area (Å²) in [6, 6.07) is 0. The molecule has 0 aliphatic carbocycles. The molecular weight excluding hydrogens is 220 g/mol. The fraction of sp³-hybridized carbons (Fsp3) is 1.00. The van der Waals surface area contributed by atoms with E-state index in [9.17, 15) is 0 Å². The maximum absolute atomic E-state index is 5.52. The van der Waals surface area contributed by atoms with Gasteiger partial charge in [0.25, 0.3) is 0 Å². The molecule has 0 unspecified atom stereocenters. The SMILES string of the molecule is CCCCCN(CCCCC)CCCCCCN. The molecule has 0 aromatic heterocycles. The van der Waals surface area contributed by atoms with E-state index < -0.39 is 0 Å². The third-order valence-electron chi connectivity index (χ3n) is 3.58. The van der Waals surface area contributed by atoms with Gasteiger partial charge < -0.3 is 10.6 Å². The first-order valence-electron chi connectivity index (χ1n) is 8.27. The van der Waals surface area contributed by atoms with E-state index in [0.29, 0.717) is 0 Å². The molecule has 18 heavy (non-hydrogen) atoms. The molecule has 0 aliphatic heterocycles. The lowest BCUT2D eigenvalue weighted by atomic mass is 10.1. The van der Waals surface area contributed by atoms with Crippen LogP contribution in [0.3, 0.4) is 0 Å². The van der Waals surface area contributed by atoms with E-state index in [0.717, 1.165) is 6.54 Å². The van der Waals surface area contributed by atoms with Gasteiger partial charge in [-0.3, -0.25) is 0 Å². The zero-order valence-corrected chi connectivity index (χ0v) is 12.9. The van der Waals surface area contributed by atoms with Crippen LogP contribution in [0.25, 0.3) is 0 Å². The summed E-state index contributed by atoms with van der Waals surface area (Å²) >= 11 is 0. The van der Waals surface area contributed by atoms with Crippen molar-refractivity contribution in [3.63, 3.8) is 0 Å². The van der Waals surface area contributed by atoms with E-state index in [1.54, 1.807) is 0 Å². The smallest absolute Gasteiger partial charge is 0.00187 e. The van der Waals surface area contributed by atoms with Crippen LogP contribution in [0.5, 0.6) is 0 Å². The first-order valence-corrected chi connectivity index (χ1v) is 8.27. The molecule has 0 atom stereocenters. The quantitative estimate of drug-likeness (QED) is 0.472. The monoisotopic (exact) mass is 256 g/mol. The summed E-state index contributed by atoms with van der Waals surface area (Å²) in [5.74, 6) is 0.